The van der Waals surface area contributed by atoms with Gasteiger partial charge < -0.3 is 9.32 Å². The maximum atomic E-state index is 12.9. The number of para-hydroxylation sites is 1. The molecule has 2 aromatic rings. The Morgan fingerprint density at radius 3 is 2.59 bits per heavy atom. The van der Waals surface area contributed by atoms with E-state index < -0.39 is 9.84 Å². The zero-order chi connectivity index (χ0) is 19.6. The fraction of sp³-hybridized carbons (Fsp3) is 0.550. The second-order valence-corrected chi connectivity index (χ2v) is 9.39. The van der Waals surface area contributed by atoms with Gasteiger partial charge >= 0.3 is 0 Å². The highest BCUT2D eigenvalue weighted by Gasteiger charge is 2.34. The molecule has 1 aromatic carbocycles. The molecule has 1 saturated heterocycles. The van der Waals surface area contributed by atoms with Crippen LogP contribution in [-0.4, -0.2) is 61.3 Å². The largest absolute Gasteiger partial charge is 0.459 e. The number of sulfone groups is 1. The van der Waals surface area contributed by atoms with Crippen LogP contribution in [0.3, 0.4) is 0 Å². The number of hydrogen-bond donors (Lipinski definition) is 0. The van der Waals surface area contributed by atoms with E-state index in [0.717, 1.165) is 16.7 Å². The monoisotopic (exact) mass is 392 g/mol. The van der Waals surface area contributed by atoms with Gasteiger partial charge in [-0.1, -0.05) is 25.1 Å². The van der Waals surface area contributed by atoms with E-state index in [1.807, 2.05) is 51.1 Å². The van der Waals surface area contributed by atoms with Crippen molar-refractivity contribution >= 4 is 26.7 Å². The van der Waals surface area contributed by atoms with E-state index in [4.69, 9.17) is 4.42 Å². The van der Waals surface area contributed by atoms with E-state index >= 15 is 0 Å². The fourth-order valence-corrected chi connectivity index (χ4v) is 5.57. The smallest absolute Gasteiger partial charge is 0.237 e. The Bertz CT molecular complexity index is 873. The highest BCUT2D eigenvalue weighted by atomic mass is 32.2. The number of nitrogens with zero attached hydrogens (tertiary/aromatic N) is 2. The molecule has 0 spiro atoms. The van der Waals surface area contributed by atoms with Gasteiger partial charge in [0.2, 0.25) is 5.91 Å². The lowest BCUT2D eigenvalue weighted by molar-refractivity contribution is -0.134. The first kappa shape index (κ1) is 19.9. The van der Waals surface area contributed by atoms with E-state index in [1.54, 1.807) is 4.90 Å². The maximum Gasteiger partial charge on any atom is 0.237 e. The van der Waals surface area contributed by atoms with Gasteiger partial charge in [-0.2, -0.15) is 0 Å². The van der Waals surface area contributed by atoms with Crippen molar-refractivity contribution in [1.29, 1.82) is 0 Å². The molecular formula is C20H28N2O4S. The van der Waals surface area contributed by atoms with Crippen LogP contribution in [0, 0.1) is 0 Å². The summed E-state index contributed by atoms with van der Waals surface area (Å²) < 4.78 is 29.5. The van der Waals surface area contributed by atoms with Gasteiger partial charge in [0.25, 0.3) is 0 Å². The predicted octanol–water partition coefficient (Wildman–Crippen LogP) is 2.85. The molecule has 2 unspecified atom stereocenters. The van der Waals surface area contributed by atoms with Crippen LogP contribution in [0.5, 0.6) is 0 Å². The van der Waals surface area contributed by atoms with Crippen molar-refractivity contribution in [3.8, 4) is 0 Å². The molecule has 0 saturated carbocycles. The molecule has 1 aliphatic rings. The third-order valence-electron chi connectivity index (χ3n) is 5.46. The Morgan fingerprint density at radius 2 is 2.00 bits per heavy atom. The van der Waals surface area contributed by atoms with Gasteiger partial charge in [0.05, 0.1) is 24.1 Å². The molecule has 2 atom stereocenters. The third kappa shape index (κ3) is 4.35. The van der Waals surface area contributed by atoms with Crippen LogP contribution in [0.25, 0.3) is 11.0 Å². The van der Waals surface area contributed by atoms with Gasteiger partial charge in [0, 0.05) is 18.0 Å². The summed E-state index contributed by atoms with van der Waals surface area (Å²) >= 11 is 0. The van der Waals surface area contributed by atoms with Crippen molar-refractivity contribution in [3.63, 3.8) is 0 Å². The van der Waals surface area contributed by atoms with E-state index in [2.05, 4.69) is 4.90 Å². The van der Waals surface area contributed by atoms with Gasteiger partial charge in [-0.3, -0.25) is 9.69 Å². The van der Waals surface area contributed by atoms with E-state index in [0.29, 0.717) is 19.5 Å². The SMILES string of the molecule is CCN(CC(=O)N(CC)C1CCS(=O)(=O)C1)C(C)c1cc2ccccc2o1. The Labute approximate surface area is 161 Å². The molecular weight excluding hydrogens is 364 g/mol. The Balaban J connectivity index is 1.72. The standard InChI is InChI=1S/C20H28N2O4S/c1-4-21(15(3)19-12-16-8-6-7-9-18(16)26-19)13-20(23)22(5-2)17-10-11-27(24,25)14-17/h6-9,12,15,17H,4-5,10-11,13-14H2,1-3H3. The van der Waals surface area contributed by atoms with Crippen molar-refractivity contribution < 1.29 is 17.6 Å². The number of carbonyl (C=O) groups excluding carboxylic acids is 1. The van der Waals surface area contributed by atoms with Crippen LogP contribution in [0.15, 0.2) is 34.7 Å². The van der Waals surface area contributed by atoms with E-state index in [1.165, 1.54) is 0 Å². The Morgan fingerprint density at radius 1 is 1.26 bits per heavy atom. The molecule has 1 fully saturated rings. The molecule has 1 aromatic heterocycles. The normalized spacial score (nSPS) is 20.2. The number of benzene rings is 1. The number of rotatable bonds is 7. The molecule has 6 nitrogen and oxygen atoms in total. The van der Waals surface area contributed by atoms with E-state index in [-0.39, 0.29) is 36.0 Å². The second kappa shape index (κ2) is 8.02. The minimum Gasteiger partial charge on any atom is -0.459 e. The van der Waals surface area contributed by atoms with Crippen LogP contribution in [0.4, 0.5) is 0 Å². The minimum atomic E-state index is -3.01. The number of furan rings is 1. The first-order valence-electron chi connectivity index (χ1n) is 9.57. The predicted molar refractivity (Wildman–Crippen MR) is 106 cm³/mol. The molecule has 0 radical (unpaired) electrons. The second-order valence-electron chi connectivity index (χ2n) is 7.16. The zero-order valence-electron chi connectivity index (χ0n) is 16.2. The first-order chi connectivity index (χ1) is 12.8. The molecule has 3 rings (SSSR count). The Kier molecular flexibility index (Phi) is 5.91. The zero-order valence-corrected chi connectivity index (χ0v) is 17.0. The summed E-state index contributed by atoms with van der Waals surface area (Å²) in [6.45, 7) is 7.43. The van der Waals surface area contributed by atoms with Crippen LogP contribution in [-0.2, 0) is 14.6 Å². The third-order valence-corrected chi connectivity index (χ3v) is 7.21. The summed E-state index contributed by atoms with van der Waals surface area (Å²) in [5, 5.41) is 1.05. The van der Waals surface area contributed by atoms with Crippen molar-refractivity contribution in [2.24, 2.45) is 0 Å². The fourth-order valence-electron chi connectivity index (χ4n) is 3.83. The summed E-state index contributed by atoms with van der Waals surface area (Å²) in [5.41, 5.74) is 0.841. The number of carbonyl (C=O) groups is 1. The van der Waals surface area contributed by atoms with Crippen molar-refractivity contribution in [2.45, 2.75) is 39.3 Å². The van der Waals surface area contributed by atoms with Crippen LogP contribution in [0.2, 0.25) is 0 Å². The highest BCUT2D eigenvalue weighted by molar-refractivity contribution is 7.91. The van der Waals surface area contributed by atoms with Crippen molar-refractivity contribution in [3.05, 3.63) is 36.1 Å². The molecule has 2 heterocycles. The Hall–Kier alpha value is -1.86. The van der Waals surface area contributed by atoms with Gasteiger partial charge in [0.1, 0.15) is 11.3 Å². The lowest BCUT2D eigenvalue weighted by atomic mass is 10.1. The van der Waals surface area contributed by atoms with Gasteiger partial charge in [-0.25, -0.2) is 8.42 Å². The molecule has 0 bridgehead atoms. The first-order valence-corrected chi connectivity index (χ1v) is 11.4. The van der Waals surface area contributed by atoms with Gasteiger partial charge in [-0.05, 0) is 38.9 Å². The molecule has 0 aliphatic carbocycles. The summed E-state index contributed by atoms with van der Waals surface area (Å²) in [6.07, 6.45) is 0.535. The number of hydrogen-bond acceptors (Lipinski definition) is 5. The number of amides is 1. The lowest BCUT2D eigenvalue weighted by Crippen LogP contribution is -2.46. The summed E-state index contributed by atoms with van der Waals surface area (Å²) in [6, 6.07) is 9.64. The molecule has 27 heavy (non-hydrogen) atoms. The molecule has 1 amide bonds. The molecule has 7 heteroatoms. The summed E-state index contributed by atoms with van der Waals surface area (Å²) in [4.78, 5) is 16.7. The average Bonchev–Trinajstić information content (AvgIpc) is 3.22. The maximum absolute atomic E-state index is 12.9. The summed E-state index contributed by atoms with van der Waals surface area (Å²) in [7, 11) is -3.01. The quantitative estimate of drug-likeness (QED) is 0.725. The van der Waals surface area contributed by atoms with Gasteiger partial charge in [0.15, 0.2) is 9.84 Å². The summed E-state index contributed by atoms with van der Waals surface area (Å²) in [5.74, 6) is 1.06. The molecule has 148 valence electrons. The van der Waals surface area contributed by atoms with E-state index in [9.17, 15) is 13.2 Å². The molecule has 0 N–H and O–H groups in total. The van der Waals surface area contributed by atoms with Gasteiger partial charge in [-0.15, -0.1) is 0 Å². The molecule has 1 aliphatic heterocycles. The van der Waals surface area contributed by atoms with Crippen molar-refractivity contribution in [2.75, 3.05) is 31.1 Å². The van der Waals surface area contributed by atoms with Crippen LogP contribution in [0.1, 0.15) is 39.0 Å². The van der Waals surface area contributed by atoms with Crippen LogP contribution >= 0.6 is 0 Å². The van der Waals surface area contributed by atoms with Crippen molar-refractivity contribution in [1.82, 2.24) is 9.80 Å². The average molecular weight is 393 g/mol. The van der Waals surface area contributed by atoms with Crippen LogP contribution < -0.4 is 0 Å². The lowest BCUT2D eigenvalue weighted by Gasteiger charge is -2.32. The minimum absolute atomic E-state index is 0.0237. The number of fused-ring (bicyclic) bond motifs is 1. The topological polar surface area (TPSA) is 70.8 Å². The highest BCUT2D eigenvalue weighted by Crippen LogP contribution is 2.27. The number of likely N-dealkylation sites (N-methyl/N-ethyl adjacent to an activating group) is 2.